The molecule has 3 rings (SSSR count). The summed E-state index contributed by atoms with van der Waals surface area (Å²) < 4.78 is 35.3. The molecule has 1 amide bonds. The molecule has 0 atom stereocenters. The lowest BCUT2D eigenvalue weighted by Crippen LogP contribution is -2.14. The molecule has 31 heavy (non-hydrogen) atoms. The minimum Gasteiger partial charge on any atom is -0.463 e. The fourth-order valence-corrected chi connectivity index (χ4v) is 4.16. The number of sulfone groups is 1. The van der Waals surface area contributed by atoms with Crippen molar-refractivity contribution in [2.45, 2.75) is 17.6 Å². The fourth-order valence-electron chi connectivity index (χ4n) is 2.78. The Kier molecular flexibility index (Phi) is 7.04. The second kappa shape index (κ2) is 9.90. The lowest BCUT2D eigenvalue weighted by atomic mass is 10.2. The highest BCUT2D eigenvalue weighted by Gasteiger charge is 2.22. The highest BCUT2D eigenvalue weighted by Crippen LogP contribution is 2.21. The van der Waals surface area contributed by atoms with Gasteiger partial charge in [0.15, 0.2) is 15.6 Å². The van der Waals surface area contributed by atoms with Crippen molar-refractivity contribution in [1.29, 1.82) is 0 Å². The highest BCUT2D eigenvalue weighted by molar-refractivity contribution is 7.90. The Morgan fingerprint density at radius 2 is 1.74 bits per heavy atom. The molecule has 0 bridgehead atoms. The van der Waals surface area contributed by atoms with E-state index in [0.29, 0.717) is 12.3 Å². The van der Waals surface area contributed by atoms with Gasteiger partial charge in [-0.1, -0.05) is 30.3 Å². The van der Waals surface area contributed by atoms with Crippen LogP contribution in [0.1, 0.15) is 28.6 Å². The molecule has 0 aliphatic heterocycles. The van der Waals surface area contributed by atoms with E-state index in [1.165, 1.54) is 30.5 Å². The third-order valence-electron chi connectivity index (χ3n) is 4.27. The van der Waals surface area contributed by atoms with Gasteiger partial charge < -0.3 is 14.5 Å². The SMILES string of the molecule is CCOC(=O)/C=C/c1ccc(NC(=O)c2occc2CS(=O)(=O)c2ccccc2)cc1. The molecule has 3 aromatic rings. The van der Waals surface area contributed by atoms with E-state index in [9.17, 15) is 18.0 Å². The van der Waals surface area contributed by atoms with Gasteiger partial charge in [0.25, 0.3) is 5.91 Å². The molecule has 0 spiro atoms. The first-order valence-electron chi connectivity index (χ1n) is 9.49. The van der Waals surface area contributed by atoms with Crippen molar-refractivity contribution in [2.24, 2.45) is 0 Å². The van der Waals surface area contributed by atoms with Crippen molar-refractivity contribution in [1.82, 2.24) is 0 Å². The van der Waals surface area contributed by atoms with E-state index >= 15 is 0 Å². The number of benzene rings is 2. The zero-order valence-corrected chi connectivity index (χ0v) is 17.6. The molecule has 0 radical (unpaired) electrons. The smallest absolute Gasteiger partial charge is 0.330 e. The van der Waals surface area contributed by atoms with Gasteiger partial charge in [-0.15, -0.1) is 0 Å². The average Bonchev–Trinajstić information content (AvgIpc) is 3.21. The highest BCUT2D eigenvalue weighted by atomic mass is 32.2. The predicted molar refractivity (Wildman–Crippen MR) is 116 cm³/mol. The Balaban J connectivity index is 1.68. The van der Waals surface area contributed by atoms with Crippen LogP contribution in [0.4, 0.5) is 5.69 Å². The molecular weight excluding hydrogens is 418 g/mol. The lowest BCUT2D eigenvalue weighted by molar-refractivity contribution is -0.137. The first-order chi connectivity index (χ1) is 14.9. The van der Waals surface area contributed by atoms with Crippen molar-refractivity contribution in [3.63, 3.8) is 0 Å². The molecule has 1 N–H and O–H groups in total. The summed E-state index contributed by atoms with van der Waals surface area (Å²) in [6, 6.07) is 16.2. The number of anilines is 1. The quantitative estimate of drug-likeness (QED) is 0.419. The standard InChI is InChI=1S/C23H21NO6S/c1-2-29-21(25)13-10-17-8-11-19(12-9-17)24-23(26)22-18(14-15-30-22)16-31(27,28)20-6-4-3-5-7-20/h3-15H,2,16H2,1H3,(H,24,26)/b13-10+. The van der Waals surface area contributed by atoms with E-state index in [1.54, 1.807) is 55.5 Å². The molecule has 2 aromatic carbocycles. The largest absolute Gasteiger partial charge is 0.463 e. The first-order valence-corrected chi connectivity index (χ1v) is 11.1. The molecule has 160 valence electrons. The normalized spacial score (nSPS) is 11.4. The van der Waals surface area contributed by atoms with E-state index in [-0.39, 0.29) is 22.0 Å². The predicted octanol–water partition coefficient (Wildman–Crippen LogP) is 4.08. The van der Waals surface area contributed by atoms with Crippen LogP contribution >= 0.6 is 0 Å². The maximum atomic E-state index is 12.6. The molecule has 0 fully saturated rings. The topological polar surface area (TPSA) is 103 Å². The van der Waals surface area contributed by atoms with Crippen LogP contribution in [-0.4, -0.2) is 26.9 Å². The maximum Gasteiger partial charge on any atom is 0.330 e. The number of esters is 1. The van der Waals surface area contributed by atoms with Gasteiger partial charge in [-0.2, -0.15) is 0 Å². The number of amides is 1. The van der Waals surface area contributed by atoms with Crippen LogP contribution in [0, 0.1) is 0 Å². The van der Waals surface area contributed by atoms with Crippen LogP contribution in [0.5, 0.6) is 0 Å². The summed E-state index contributed by atoms with van der Waals surface area (Å²) in [7, 11) is -3.62. The summed E-state index contributed by atoms with van der Waals surface area (Å²) in [4.78, 5) is 24.2. The zero-order chi connectivity index (χ0) is 22.3. The Labute approximate surface area is 180 Å². The van der Waals surface area contributed by atoms with E-state index in [1.807, 2.05) is 0 Å². The van der Waals surface area contributed by atoms with Gasteiger partial charge in [-0.05, 0) is 48.9 Å². The van der Waals surface area contributed by atoms with Gasteiger partial charge in [-0.25, -0.2) is 13.2 Å². The minimum atomic E-state index is -3.62. The van der Waals surface area contributed by atoms with Crippen LogP contribution in [0.2, 0.25) is 0 Å². The Morgan fingerprint density at radius 1 is 1.03 bits per heavy atom. The van der Waals surface area contributed by atoms with Crippen LogP contribution in [0.25, 0.3) is 6.08 Å². The fraction of sp³-hybridized carbons (Fsp3) is 0.130. The van der Waals surface area contributed by atoms with Gasteiger partial charge in [0.1, 0.15) is 0 Å². The molecule has 0 aliphatic rings. The van der Waals surface area contributed by atoms with Crippen LogP contribution in [0.3, 0.4) is 0 Å². The zero-order valence-electron chi connectivity index (χ0n) is 16.8. The number of rotatable bonds is 8. The van der Waals surface area contributed by atoms with E-state index < -0.39 is 21.7 Å². The molecule has 0 saturated carbocycles. The number of hydrogen-bond acceptors (Lipinski definition) is 6. The van der Waals surface area contributed by atoms with Crippen molar-refractivity contribution in [2.75, 3.05) is 11.9 Å². The summed E-state index contributed by atoms with van der Waals surface area (Å²) >= 11 is 0. The van der Waals surface area contributed by atoms with E-state index in [2.05, 4.69) is 5.32 Å². The first kappa shape index (κ1) is 22.0. The molecular formula is C23H21NO6S. The van der Waals surface area contributed by atoms with Gasteiger partial charge in [0.2, 0.25) is 0 Å². The molecule has 7 nitrogen and oxygen atoms in total. The average molecular weight is 439 g/mol. The molecule has 0 unspecified atom stereocenters. The lowest BCUT2D eigenvalue weighted by Gasteiger charge is -2.07. The van der Waals surface area contributed by atoms with Crippen LogP contribution < -0.4 is 5.32 Å². The Hall–Kier alpha value is -3.65. The molecule has 0 aliphatic carbocycles. The summed E-state index contributed by atoms with van der Waals surface area (Å²) in [6.07, 6.45) is 4.20. The number of furan rings is 1. The minimum absolute atomic E-state index is 0.0641. The number of ether oxygens (including phenoxy) is 1. The third kappa shape index (κ3) is 5.93. The second-order valence-electron chi connectivity index (χ2n) is 6.51. The van der Waals surface area contributed by atoms with Crippen molar-refractivity contribution in [3.8, 4) is 0 Å². The summed E-state index contributed by atoms with van der Waals surface area (Å²) in [6.45, 7) is 2.03. The number of hydrogen-bond donors (Lipinski definition) is 1. The molecule has 1 heterocycles. The van der Waals surface area contributed by atoms with E-state index in [0.717, 1.165) is 5.56 Å². The van der Waals surface area contributed by atoms with Gasteiger partial charge in [-0.3, -0.25) is 4.79 Å². The maximum absolute atomic E-state index is 12.6. The van der Waals surface area contributed by atoms with Gasteiger partial charge >= 0.3 is 5.97 Å². The van der Waals surface area contributed by atoms with Crippen LogP contribution in [-0.2, 0) is 25.1 Å². The third-order valence-corrected chi connectivity index (χ3v) is 5.95. The summed E-state index contributed by atoms with van der Waals surface area (Å²) in [5.41, 5.74) is 1.51. The monoisotopic (exact) mass is 439 g/mol. The van der Waals surface area contributed by atoms with Gasteiger partial charge in [0, 0.05) is 17.3 Å². The molecule has 0 saturated heterocycles. The van der Waals surface area contributed by atoms with Crippen molar-refractivity contribution < 1.29 is 27.2 Å². The number of carbonyl (C=O) groups excluding carboxylic acids is 2. The van der Waals surface area contributed by atoms with Crippen LogP contribution in [0.15, 0.2) is 82.3 Å². The number of carbonyl (C=O) groups is 2. The van der Waals surface area contributed by atoms with Crippen molar-refractivity contribution >= 4 is 33.5 Å². The Morgan fingerprint density at radius 3 is 2.42 bits per heavy atom. The molecule has 8 heteroatoms. The second-order valence-corrected chi connectivity index (χ2v) is 8.50. The summed E-state index contributed by atoms with van der Waals surface area (Å²) in [5.74, 6) is -1.41. The molecule has 1 aromatic heterocycles. The Bertz CT molecular complexity index is 1180. The van der Waals surface area contributed by atoms with Crippen molar-refractivity contribution in [3.05, 3.63) is 89.9 Å². The summed E-state index contributed by atoms with van der Waals surface area (Å²) in [5, 5.41) is 2.68. The van der Waals surface area contributed by atoms with E-state index in [4.69, 9.17) is 9.15 Å². The van der Waals surface area contributed by atoms with Gasteiger partial charge in [0.05, 0.1) is 23.5 Å². The number of nitrogens with one attached hydrogen (secondary N) is 1.